The zero-order valence-corrected chi connectivity index (χ0v) is 15.0. The topological polar surface area (TPSA) is 59.6 Å². The van der Waals surface area contributed by atoms with Gasteiger partial charge in [-0.15, -0.1) is 0 Å². The first-order valence-electron chi connectivity index (χ1n) is 8.31. The first-order valence-corrected chi connectivity index (χ1v) is 8.31. The molecule has 2 N–H and O–H groups in total. The Bertz CT molecular complexity index is 754. The Morgan fingerprint density at radius 3 is 2.54 bits per heavy atom. The molecule has 0 unspecified atom stereocenters. The van der Waals surface area contributed by atoms with Gasteiger partial charge < -0.3 is 20.1 Å². The third-order valence-corrected chi connectivity index (χ3v) is 3.28. The summed E-state index contributed by atoms with van der Waals surface area (Å²) < 4.78 is 11.0. The van der Waals surface area contributed by atoms with Crippen molar-refractivity contribution in [3.05, 3.63) is 73.3 Å². The lowest BCUT2D eigenvalue weighted by atomic mass is 10.3. The standard InChI is InChI=1S/C21H24N2O3/c1-4-12-25-19-10-8-17(9-11-19)23-21(24)14-22-18-6-5-7-20(13-18)26-15-16(2)3/h4-11,13,22H,1-2,12,14-15H2,3H3,(H,23,24). The molecule has 5 nitrogen and oxygen atoms in total. The number of carbonyl (C=O) groups is 1. The number of amides is 1. The first-order chi connectivity index (χ1) is 12.6. The van der Waals surface area contributed by atoms with E-state index in [1.165, 1.54) is 0 Å². The predicted octanol–water partition coefficient (Wildman–Crippen LogP) is 4.26. The molecule has 0 fully saturated rings. The molecule has 0 aromatic heterocycles. The van der Waals surface area contributed by atoms with Crippen molar-refractivity contribution in [2.24, 2.45) is 0 Å². The fourth-order valence-electron chi connectivity index (χ4n) is 2.08. The van der Waals surface area contributed by atoms with Crippen molar-refractivity contribution in [1.29, 1.82) is 0 Å². The van der Waals surface area contributed by atoms with E-state index in [1.54, 1.807) is 30.3 Å². The Hall–Kier alpha value is -3.21. The van der Waals surface area contributed by atoms with E-state index < -0.39 is 0 Å². The van der Waals surface area contributed by atoms with Crippen molar-refractivity contribution in [2.45, 2.75) is 6.92 Å². The summed E-state index contributed by atoms with van der Waals surface area (Å²) in [5, 5.41) is 5.91. The number of anilines is 2. The molecular formula is C21H24N2O3. The Morgan fingerprint density at radius 1 is 1.08 bits per heavy atom. The average Bonchev–Trinajstić information content (AvgIpc) is 2.64. The van der Waals surface area contributed by atoms with E-state index in [9.17, 15) is 4.79 Å². The lowest BCUT2D eigenvalue weighted by Crippen LogP contribution is -2.21. The van der Waals surface area contributed by atoms with E-state index in [0.29, 0.717) is 18.9 Å². The highest BCUT2D eigenvalue weighted by molar-refractivity contribution is 5.93. The minimum atomic E-state index is -0.141. The van der Waals surface area contributed by atoms with Crippen molar-refractivity contribution < 1.29 is 14.3 Å². The Labute approximate surface area is 154 Å². The number of carbonyl (C=O) groups excluding carboxylic acids is 1. The molecule has 0 radical (unpaired) electrons. The number of nitrogens with one attached hydrogen (secondary N) is 2. The van der Waals surface area contributed by atoms with Gasteiger partial charge in [0.25, 0.3) is 0 Å². The Balaban J connectivity index is 1.82. The van der Waals surface area contributed by atoms with Gasteiger partial charge in [0.05, 0.1) is 6.54 Å². The molecule has 0 saturated heterocycles. The number of ether oxygens (including phenoxy) is 2. The average molecular weight is 352 g/mol. The molecule has 136 valence electrons. The minimum absolute atomic E-state index is 0.141. The largest absolute Gasteiger partial charge is 0.490 e. The van der Waals surface area contributed by atoms with Crippen LogP contribution in [0.15, 0.2) is 73.3 Å². The summed E-state index contributed by atoms with van der Waals surface area (Å²) in [6.45, 7) is 10.4. The van der Waals surface area contributed by atoms with Crippen LogP contribution >= 0.6 is 0 Å². The molecule has 0 atom stereocenters. The van der Waals surface area contributed by atoms with E-state index in [2.05, 4.69) is 23.8 Å². The van der Waals surface area contributed by atoms with Crippen molar-refractivity contribution >= 4 is 17.3 Å². The predicted molar refractivity (Wildman–Crippen MR) is 106 cm³/mol. The quantitative estimate of drug-likeness (QED) is 0.627. The second-order valence-electron chi connectivity index (χ2n) is 5.80. The highest BCUT2D eigenvalue weighted by atomic mass is 16.5. The zero-order valence-electron chi connectivity index (χ0n) is 15.0. The minimum Gasteiger partial charge on any atom is -0.490 e. The maximum atomic E-state index is 12.1. The molecule has 2 aromatic carbocycles. The normalized spacial score (nSPS) is 9.88. The molecule has 0 bridgehead atoms. The molecule has 26 heavy (non-hydrogen) atoms. The van der Waals surface area contributed by atoms with Gasteiger partial charge in [-0.25, -0.2) is 0 Å². The van der Waals surface area contributed by atoms with E-state index in [0.717, 1.165) is 22.8 Å². The van der Waals surface area contributed by atoms with Gasteiger partial charge >= 0.3 is 0 Å². The molecule has 0 saturated carbocycles. The highest BCUT2D eigenvalue weighted by Crippen LogP contribution is 2.18. The van der Waals surface area contributed by atoms with Gasteiger partial charge in [0.2, 0.25) is 5.91 Å². The summed E-state index contributed by atoms with van der Waals surface area (Å²) >= 11 is 0. The van der Waals surface area contributed by atoms with Gasteiger partial charge in [0.1, 0.15) is 24.7 Å². The van der Waals surface area contributed by atoms with E-state index >= 15 is 0 Å². The summed E-state index contributed by atoms with van der Waals surface area (Å²) in [6.07, 6.45) is 1.68. The molecule has 0 heterocycles. The molecule has 2 aromatic rings. The van der Waals surface area contributed by atoms with Gasteiger partial charge in [0, 0.05) is 17.4 Å². The molecule has 2 rings (SSSR count). The second kappa shape index (κ2) is 9.93. The van der Waals surface area contributed by atoms with Crippen LogP contribution in [0.25, 0.3) is 0 Å². The van der Waals surface area contributed by atoms with Crippen LogP contribution < -0.4 is 20.1 Å². The molecule has 0 aliphatic rings. The van der Waals surface area contributed by atoms with Gasteiger partial charge in [-0.3, -0.25) is 4.79 Å². The number of benzene rings is 2. The van der Waals surface area contributed by atoms with Crippen LogP contribution in [0, 0.1) is 0 Å². The van der Waals surface area contributed by atoms with Gasteiger partial charge in [-0.1, -0.05) is 25.3 Å². The van der Waals surface area contributed by atoms with Crippen molar-refractivity contribution in [1.82, 2.24) is 0 Å². The lowest BCUT2D eigenvalue weighted by Gasteiger charge is -2.11. The van der Waals surface area contributed by atoms with Crippen LogP contribution in [-0.2, 0) is 4.79 Å². The summed E-state index contributed by atoms with van der Waals surface area (Å²) in [5.41, 5.74) is 2.47. The van der Waals surface area contributed by atoms with Crippen LogP contribution in [0.4, 0.5) is 11.4 Å². The number of rotatable bonds is 10. The van der Waals surface area contributed by atoms with Gasteiger partial charge in [0.15, 0.2) is 0 Å². The third kappa shape index (κ3) is 6.73. The fourth-order valence-corrected chi connectivity index (χ4v) is 2.08. The number of hydrogen-bond acceptors (Lipinski definition) is 4. The lowest BCUT2D eigenvalue weighted by molar-refractivity contribution is -0.114. The maximum Gasteiger partial charge on any atom is 0.243 e. The van der Waals surface area contributed by atoms with Crippen molar-refractivity contribution in [2.75, 3.05) is 30.4 Å². The summed E-state index contributed by atoms with van der Waals surface area (Å²) in [5.74, 6) is 1.32. The molecule has 1 amide bonds. The van der Waals surface area contributed by atoms with Crippen LogP contribution in [0.2, 0.25) is 0 Å². The molecule has 0 spiro atoms. The van der Waals surface area contributed by atoms with Crippen molar-refractivity contribution in [3.8, 4) is 11.5 Å². The summed E-state index contributed by atoms with van der Waals surface area (Å²) in [4.78, 5) is 12.1. The fraction of sp³-hybridized carbons (Fsp3) is 0.190. The Morgan fingerprint density at radius 2 is 1.85 bits per heavy atom. The third-order valence-electron chi connectivity index (χ3n) is 3.28. The van der Waals surface area contributed by atoms with Crippen LogP contribution in [0.1, 0.15) is 6.92 Å². The second-order valence-corrected chi connectivity index (χ2v) is 5.80. The highest BCUT2D eigenvalue weighted by Gasteiger charge is 2.04. The van der Waals surface area contributed by atoms with Crippen LogP contribution in [0.5, 0.6) is 11.5 Å². The van der Waals surface area contributed by atoms with Crippen molar-refractivity contribution in [3.63, 3.8) is 0 Å². The van der Waals surface area contributed by atoms with E-state index in [4.69, 9.17) is 9.47 Å². The summed E-state index contributed by atoms with van der Waals surface area (Å²) in [7, 11) is 0. The van der Waals surface area contributed by atoms with Crippen LogP contribution in [0.3, 0.4) is 0 Å². The molecule has 0 aliphatic carbocycles. The molecular weight excluding hydrogens is 328 g/mol. The molecule has 5 heteroatoms. The van der Waals surface area contributed by atoms with E-state index in [1.807, 2.05) is 31.2 Å². The van der Waals surface area contributed by atoms with Gasteiger partial charge in [-0.05, 0) is 48.9 Å². The van der Waals surface area contributed by atoms with E-state index in [-0.39, 0.29) is 12.5 Å². The monoisotopic (exact) mass is 352 g/mol. The van der Waals surface area contributed by atoms with Crippen LogP contribution in [-0.4, -0.2) is 25.7 Å². The number of hydrogen-bond donors (Lipinski definition) is 2. The van der Waals surface area contributed by atoms with Gasteiger partial charge in [-0.2, -0.15) is 0 Å². The zero-order chi connectivity index (χ0) is 18.8. The SMILES string of the molecule is C=CCOc1ccc(NC(=O)CNc2cccc(OCC(=C)C)c2)cc1. The first kappa shape index (κ1) is 19.1. The summed E-state index contributed by atoms with van der Waals surface area (Å²) in [6, 6.07) is 14.7. The smallest absolute Gasteiger partial charge is 0.243 e. The Kier molecular flexibility index (Phi) is 7.31. The molecule has 0 aliphatic heterocycles. The maximum absolute atomic E-state index is 12.1.